The molecule has 1 atom stereocenters. The Balaban J connectivity index is 1.48. The molecule has 0 saturated carbocycles. The fraction of sp³-hybridized carbons (Fsp3) is 0.562. The lowest BCUT2D eigenvalue weighted by molar-refractivity contribution is -0.140. The predicted octanol–water partition coefficient (Wildman–Crippen LogP) is 2.67. The zero-order valence-corrected chi connectivity index (χ0v) is 14.3. The zero-order chi connectivity index (χ0) is 16.2. The van der Waals surface area contributed by atoms with Crippen LogP contribution >= 0.6 is 11.3 Å². The summed E-state index contributed by atoms with van der Waals surface area (Å²) in [5.41, 5.74) is 0. The van der Waals surface area contributed by atoms with Crippen LogP contribution in [0.5, 0.6) is 0 Å². The molecule has 0 unspecified atom stereocenters. The van der Waals surface area contributed by atoms with Crippen molar-refractivity contribution in [3.63, 3.8) is 0 Å². The van der Waals surface area contributed by atoms with Crippen molar-refractivity contribution in [3.8, 4) is 0 Å². The van der Waals surface area contributed by atoms with Crippen LogP contribution in [0.4, 0.5) is 0 Å². The Morgan fingerprint density at radius 2 is 2.26 bits per heavy atom. The summed E-state index contributed by atoms with van der Waals surface area (Å²) >= 11 is 1.80. The van der Waals surface area contributed by atoms with Gasteiger partial charge >= 0.3 is 0 Å². The number of carbonyl (C=O) groups excluding carboxylic acids is 1. The van der Waals surface area contributed by atoms with Gasteiger partial charge in [0.25, 0.3) is 0 Å². The molecule has 3 heterocycles. The van der Waals surface area contributed by atoms with Crippen molar-refractivity contribution in [2.45, 2.75) is 39.2 Å². The van der Waals surface area contributed by atoms with Gasteiger partial charge < -0.3 is 14.1 Å². The van der Waals surface area contributed by atoms with Gasteiger partial charge in [-0.15, -0.1) is 21.5 Å². The number of carbonyl (C=O) groups is 1. The van der Waals surface area contributed by atoms with Crippen molar-refractivity contribution in [2.75, 3.05) is 19.7 Å². The normalized spacial score (nSPS) is 18.3. The summed E-state index contributed by atoms with van der Waals surface area (Å²) in [6.07, 6.45) is 2.09. The monoisotopic (exact) mass is 335 g/mol. The molecule has 2 aromatic rings. The van der Waals surface area contributed by atoms with Gasteiger partial charge in [0.05, 0.1) is 13.2 Å². The van der Waals surface area contributed by atoms with Crippen molar-refractivity contribution in [3.05, 3.63) is 33.7 Å². The molecule has 3 rings (SSSR count). The minimum Gasteiger partial charge on any atom is -0.423 e. The van der Waals surface area contributed by atoms with E-state index in [2.05, 4.69) is 29.3 Å². The quantitative estimate of drug-likeness (QED) is 0.840. The molecule has 0 spiro atoms. The van der Waals surface area contributed by atoms with Gasteiger partial charge in [-0.05, 0) is 31.9 Å². The summed E-state index contributed by atoms with van der Waals surface area (Å²) in [6, 6.07) is 4.27. The maximum atomic E-state index is 12.4. The number of hydrogen-bond donors (Lipinski definition) is 0. The first-order chi connectivity index (χ1) is 11.1. The maximum absolute atomic E-state index is 12.4. The topological polar surface area (TPSA) is 68.5 Å². The van der Waals surface area contributed by atoms with E-state index < -0.39 is 0 Å². The van der Waals surface area contributed by atoms with Crippen molar-refractivity contribution in [1.29, 1.82) is 0 Å². The molecule has 6 nitrogen and oxygen atoms in total. The number of morpholine rings is 1. The summed E-state index contributed by atoms with van der Waals surface area (Å²) in [6.45, 7) is 5.46. The molecular weight excluding hydrogens is 314 g/mol. The van der Waals surface area contributed by atoms with E-state index in [0.29, 0.717) is 37.9 Å². The molecule has 0 bridgehead atoms. The SMILES string of the molecule is Cc1nnc([C@@H]2CN(C(=O)CCCc3ccc(C)s3)CCO2)o1. The van der Waals surface area contributed by atoms with Gasteiger partial charge in [0.1, 0.15) is 0 Å². The third-order valence-electron chi connectivity index (χ3n) is 3.85. The second-order valence-corrected chi connectivity index (χ2v) is 7.10. The predicted molar refractivity (Wildman–Crippen MR) is 86.3 cm³/mol. The Labute approximate surface area is 139 Å². The van der Waals surface area contributed by atoms with Crippen LogP contribution in [0.3, 0.4) is 0 Å². The van der Waals surface area contributed by atoms with Gasteiger partial charge in [0.15, 0.2) is 6.10 Å². The molecular formula is C16H21N3O3S. The first-order valence-electron chi connectivity index (χ1n) is 7.86. The molecule has 0 N–H and O–H groups in total. The first kappa shape index (κ1) is 16.1. The van der Waals surface area contributed by atoms with Gasteiger partial charge in [-0.2, -0.15) is 0 Å². The number of rotatable bonds is 5. The zero-order valence-electron chi connectivity index (χ0n) is 13.4. The summed E-state index contributed by atoms with van der Waals surface area (Å²) in [7, 11) is 0. The van der Waals surface area contributed by atoms with E-state index in [4.69, 9.17) is 9.15 Å². The number of thiophene rings is 1. The molecule has 1 aliphatic heterocycles. The number of hydrogen-bond acceptors (Lipinski definition) is 6. The Bertz CT molecular complexity index is 667. The third kappa shape index (κ3) is 4.17. The van der Waals surface area contributed by atoms with Crippen LogP contribution in [0, 0.1) is 13.8 Å². The lowest BCUT2D eigenvalue weighted by Crippen LogP contribution is -2.42. The van der Waals surface area contributed by atoms with Crippen LogP contribution in [0.2, 0.25) is 0 Å². The average molecular weight is 335 g/mol. The molecule has 0 radical (unpaired) electrons. The van der Waals surface area contributed by atoms with Crippen LogP contribution in [0.15, 0.2) is 16.5 Å². The van der Waals surface area contributed by atoms with Crippen LogP contribution in [0.1, 0.15) is 40.5 Å². The van der Waals surface area contributed by atoms with Crippen molar-refractivity contribution < 1.29 is 13.9 Å². The summed E-state index contributed by atoms with van der Waals surface area (Å²) < 4.78 is 11.1. The van der Waals surface area contributed by atoms with Gasteiger partial charge in [0, 0.05) is 29.6 Å². The van der Waals surface area contributed by atoms with Crippen molar-refractivity contribution >= 4 is 17.2 Å². The Morgan fingerprint density at radius 1 is 1.39 bits per heavy atom. The first-order valence-corrected chi connectivity index (χ1v) is 8.68. The van der Waals surface area contributed by atoms with Gasteiger partial charge in [0.2, 0.25) is 17.7 Å². The lowest BCUT2D eigenvalue weighted by atomic mass is 10.2. The smallest absolute Gasteiger partial charge is 0.246 e. The van der Waals surface area contributed by atoms with E-state index >= 15 is 0 Å². The minimum atomic E-state index is -0.311. The summed E-state index contributed by atoms with van der Waals surface area (Å²) in [4.78, 5) is 16.9. The lowest BCUT2D eigenvalue weighted by Gasteiger charge is -2.31. The molecule has 23 heavy (non-hydrogen) atoms. The molecule has 1 amide bonds. The highest BCUT2D eigenvalue weighted by atomic mass is 32.1. The Hall–Kier alpha value is -1.73. The van der Waals surface area contributed by atoms with E-state index in [1.807, 2.05) is 4.90 Å². The highest BCUT2D eigenvalue weighted by Crippen LogP contribution is 2.22. The molecule has 124 valence electrons. The van der Waals surface area contributed by atoms with E-state index in [1.54, 1.807) is 18.3 Å². The largest absolute Gasteiger partial charge is 0.423 e. The number of ether oxygens (including phenoxy) is 1. The number of amides is 1. The summed E-state index contributed by atoms with van der Waals surface area (Å²) in [5, 5.41) is 7.81. The summed E-state index contributed by atoms with van der Waals surface area (Å²) in [5.74, 6) is 1.13. The van der Waals surface area contributed by atoms with Gasteiger partial charge in [-0.25, -0.2) is 0 Å². The third-order valence-corrected chi connectivity index (χ3v) is 4.91. The molecule has 1 fully saturated rings. The number of aromatic nitrogens is 2. The van der Waals surface area contributed by atoms with E-state index in [9.17, 15) is 4.79 Å². The van der Waals surface area contributed by atoms with Crippen LogP contribution in [-0.4, -0.2) is 40.7 Å². The number of aryl methyl sites for hydroxylation is 3. The second kappa shape index (κ2) is 7.23. The number of nitrogens with zero attached hydrogens (tertiary/aromatic N) is 3. The molecule has 1 saturated heterocycles. The van der Waals surface area contributed by atoms with Crippen molar-refractivity contribution in [1.82, 2.24) is 15.1 Å². The highest BCUT2D eigenvalue weighted by molar-refractivity contribution is 7.11. The second-order valence-electron chi connectivity index (χ2n) is 5.72. The Kier molecular flexibility index (Phi) is 5.07. The van der Waals surface area contributed by atoms with E-state index in [1.165, 1.54) is 9.75 Å². The molecule has 7 heteroatoms. The highest BCUT2D eigenvalue weighted by Gasteiger charge is 2.28. The molecule has 2 aromatic heterocycles. The standard InChI is InChI=1S/C16H21N3O3S/c1-11-6-7-13(23-11)4-3-5-15(20)19-8-9-21-14(10-19)16-18-17-12(2)22-16/h6-7,14H,3-5,8-10H2,1-2H3/t14-/m0/s1. The van der Waals surface area contributed by atoms with Gasteiger partial charge in [-0.3, -0.25) is 4.79 Å². The van der Waals surface area contributed by atoms with Crippen LogP contribution in [-0.2, 0) is 16.0 Å². The van der Waals surface area contributed by atoms with Gasteiger partial charge in [-0.1, -0.05) is 0 Å². The molecule has 0 aromatic carbocycles. The van der Waals surface area contributed by atoms with Crippen LogP contribution in [0.25, 0.3) is 0 Å². The van der Waals surface area contributed by atoms with E-state index in [0.717, 1.165) is 12.8 Å². The minimum absolute atomic E-state index is 0.169. The molecule has 1 aliphatic rings. The van der Waals surface area contributed by atoms with Crippen LogP contribution < -0.4 is 0 Å². The van der Waals surface area contributed by atoms with Crippen molar-refractivity contribution in [2.24, 2.45) is 0 Å². The van der Waals surface area contributed by atoms with E-state index in [-0.39, 0.29) is 12.0 Å². The average Bonchev–Trinajstić information content (AvgIpc) is 3.16. The maximum Gasteiger partial charge on any atom is 0.246 e. The molecule has 0 aliphatic carbocycles. The fourth-order valence-electron chi connectivity index (χ4n) is 2.66. The Morgan fingerprint density at radius 3 is 2.96 bits per heavy atom. The fourth-order valence-corrected chi connectivity index (χ4v) is 3.59.